The van der Waals surface area contributed by atoms with Gasteiger partial charge in [0.1, 0.15) is 5.82 Å². The largest absolute Gasteiger partial charge is 0.354 e. The molecule has 2 aromatic rings. The maximum atomic E-state index is 13.4. The first-order chi connectivity index (χ1) is 10.6. The number of aryl methyl sites for hydroxylation is 2. The molecule has 1 aromatic heterocycles. The molecule has 3 aliphatic rings. The third-order valence-corrected chi connectivity index (χ3v) is 5.34. The van der Waals surface area contributed by atoms with Gasteiger partial charge >= 0.3 is 0 Å². The van der Waals surface area contributed by atoms with Gasteiger partial charge in [-0.05, 0) is 86.3 Å². The van der Waals surface area contributed by atoms with Gasteiger partial charge in [-0.1, -0.05) is 0 Å². The molecule has 114 valence electrons. The zero-order valence-electron chi connectivity index (χ0n) is 13.1. The Bertz CT molecular complexity index is 730. The van der Waals surface area contributed by atoms with Crippen molar-refractivity contribution in [2.75, 3.05) is 5.32 Å². The van der Waals surface area contributed by atoms with Crippen molar-refractivity contribution in [2.24, 2.45) is 0 Å². The van der Waals surface area contributed by atoms with Gasteiger partial charge in [0.15, 0.2) is 0 Å². The molecule has 0 aliphatic heterocycles. The van der Waals surface area contributed by atoms with Gasteiger partial charge in [0.2, 0.25) is 0 Å². The molecule has 3 heteroatoms. The van der Waals surface area contributed by atoms with Crippen molar-refractivity contribution in [3.05, 3.63) is 52.6 Å². The third kappa shape index (κ3) is 2.11. The molecular formula is C19H21FN2. The van der Waals surface area contributed by atoms with Gasteiger partial charge in [-0.15, -0.1) is 0 Å². The van der Waals surface area contributed by atoms with Gasteiger partial charge in [0.05, 0.1) is 11.9 Å². The smallest absolute Gasteiger partial charge is 0.126 e. The van der Waals surface area contributed by atoms with Gasteiger partial charge in [-0.25, -0.2) is 4.39 Å². The van der Waals surface area contributed by atoms with Crippen molar-refractivity contribution >= 4 is 11.4 Å². The van der Waals surface area contributed by atoms with E-state index in [1.54, 1.807) is 13.0 Å². The summed E-state index contributed by atoms with van der Waals surface area (Å²) in [5.41, 5.74) is 6.85. The second-order valence-corrected chi connectivity index (χ2v) is 6.72. The van der Waals surface area contributed by atoms with Crippen molar-refractivity contribution in [3.63, 3.8) is 0 Å². The summed E-state index contributed by atoms with van der Waals surface area (Å²) >= 11 is 0. The van der Waals surface area contributed by atoms with E-state index in [4.69, 9.17) is 0 Å². The lowest BCUT2D eigenvalue weighted by Crippen LogP contribution is -2.24. The number of nitrogens with zero attached hydrogens (tertiary/aromatic N) is 1. The molecule has 2 bridgehead atoms. The van der Waals surface area contributed by atoms with Crippen LogP contribution >= 0.6 is 0 Å². The summed E-state index contributed by atoms with van der Waals surface area (Å²) in [5, 5.41) is 3.48. The Morgan fingerprint density at radius 3 is 2.41 bits per heavy atom. The molecule has 0 amide bonds. The van der Waals surface area contributed by atoms with E-state index in [0.29, 0.717) is 17.4 Å². The molecule has 0 unspecified atom stereocenters. The Balaban J connectivity index is 1.77. The highest BCUT2D eigenvalue weighted by Crippen LogP contribution is 2.52. The Labute approximate surface area is 130 Å². The van der Waals surface area contributed by atoms with Crippen molar-refractivity contribution in [1.29, 1.82) is 0 Å². The second kappa shape index (κ2) is 5.08. The summed E-state index contributed by atoms with van der Waals surface area (Å²) in [6, 6.07) is 5.19. The SMILES string of the molecule is Cc1cc(Nc2cnc(C)c3c2C2CCC3CC2)ccc1F. The van der Waals surface area contributed by atoms with E-state index in [0.717, 1.165) is 11.4 Å². The Kier molecular flexibility index (Phi) is 3.17. The molecule has 3 aliphatic carbocycles. The predicted molar refractivity (Wildman–Crippen MR) is 87.3 cm³/mol. The van der Waals surface area contributed by atoms with E-state index >= 15 is 0 Å². The van der Waals surface area contributed by atoms with Crippen LogP contribution in [0.3, 0.4) is 0 Å². The first kappa shape index (κ1) is 13.7. The normalized spacial score (nSPS) is 22.5. The summed E-state index contributed by atoms with van der Waals surface area (Å²) < 4.78 is 13.4. The third-order valence-electron chi connectivity index (χ3n) is 5.34. The zero-order chi connectivity index (χ0) is 15.3. The maximum absolute atomic E-state index is 13.4. The van der Waals surface area contributed by atoms with Crippen LogP contribution in [0.4, 0.5) is 15.8 Å². The van der Waals surface area contributed by atoms with Crippen LogP contribution in [0.1, 0.15) is 59.9 Å². The fourth-order valence-corrected chi connectivity index (χ4v) is 4.24. The highest BCUT2D eigenvalue weighted by molar-refractivity contribution is 5.67. The molecule has 5 rings (SSSR count). The summed E-state index contributed by atoms with van der Waals surface area (Å²) in [6.07, 6.45) is 7.14. The van der Waals surface area contributed by atoms with Crippen LogP contribution in [-0.4, -0.2) is 4.98 Å². The van der Waals surface area contributed by atoms with Crippen molar-refractivity contribution in [1.82, 2.24) is 4.98 Å². The number of pyridine rings is 1. The van der Waals surface area contributed by atoms with Crippen LogP contribution in [0.25, 0.3) is 0 Å². The van der Waals surface area contributed by atoms with Gasteiger partial charge in [0, 0.05) is 11.4 Å². The lowest BCUT2D eigenvalue weighted by Gasteiger charge is -2.40. The molecule has 0 atom stereocenters. The van der Waals surface area contributed by atoms with Crippen molar-refractivity contribution < 1.29 is 4.39 Å². The molecule has 1 fully saturated rings. The number of aromatic nitrogens is 1. The van der Waals surface area contributed by atoms with Crippen molar-refractivity contribution in [3.8, 4) is 0 Å². The number of hydrogen-bond donors (Lipinski definition) is 1. The van der Waals surface area contributed by atoms with E-state index in [2.05, 4.69) is 17.2 Å². The molecule has 1 heterocycles. The molecular weight excluding hydrogens is 275 g/mol. The van der Waals surface area contributed by atoms with E-state index in [1.807, 2.05) is 12.3 Å². The van der Waals surface area contributed by atoms with Gasteiger partial charge in [-0.2, -0.15) is 0 Å². The Morgan fingerprint density at radius 2 is 1.73 bits per heavy atom. The number of fused-ring (bicyclic) bond motifs is 2. The second-order valence-electron chi connectivity index (χ2n) is 6.72. The van der Waals surface area contributed by atoms with Crippen LogP contribution < -0.4 is 5.32 Å². The van der Waals surface area contributed by atoms with Gasteiger partial charge in [-0.3, -0.25) is 4.98 Å². The Morgan fingerprint density at radius 1 is 1.05 bits per heavy atom. The molecule has 0 saturated heterocycles. The summed E-state index contributed by atoms with van der Waals surface area (Å²) in [4.78, 5) is 4.61. The predicted octanol–water partition coefficient (Wildman–Crippen LogP) is 5.34. The van der Waals surface area contributed by atoms with E-state index in [-0.39, 0.29) is 5.82 Å². The minimum atomic E-state index is -0.159. The van der Waals surface area contributed by atoms with Crippen LogP contribution in [0, 0.1) is 19.7 Å². The zero-order valence-corrected chi connectivity index (χ0v) is 13.1. The first-order valence-corrected chi connectivity index (χ1v) is 8.16. The number of anilines is 2. The quantitative estimate of drug-likeness (QED) is 0.809. The average Bonchev–Trinajstić information content (AvgIpc) is 2.54. The van der Waals surface area contributed by atoms with E-state index in [1.165, 1.54) is 48.6 Å². The number of hydrogen-bond acceptors (Lipinski definition) is 2. The molecule has 0 radical (unpaired) electrons. The maximum Gasteiger partial charge on any atom is 0.126 e. The molecule has 1 N–H and O–H groups in total. The minimum Gasteiger partial charge on any atom is -0.354 e. The number of halogens is 1. The lowest BCUT2D eigenvalue weighted by atomic mass is 9.66. The molecule has 2 nitrogen and oxygen atoms in total. The number of rotatable bonds is 2. The van der Waals surface area contributed by atoms with Crippen molar-refractivity contribution in [2.45, 2.75) is 51.4 Å². The van der Waals surface area contributed by atoms with Crippen LogP contribution in [0.15, 0.2) is 24.4 Å². The highest BCUT2D eigenvalue weighted by Gasteiger charge is 2.36. The van der Waals surface area contributed by atoms with E-state index < -0.39 is 0 Å². The molecule has 0 spiro atoms. The fourth-order valence-electron chi connectivity index (χ4n) is 4.24. The van der Waals surface area contributed by atoms with Gasteiger partial charge < -0.3 is 5.32 Å². The summed E-state index contributed by atoms with van der Waals surface area (Å²) in [5.74, 6) is 1.18. The Hall–Kier alpha value is -1.90. The number of nitrogens with one attached hydrogen (secondary N) is 1. The lowest BCUT2D eigenvalue weighted by molar-refractivity contribution is 0.357. The minimum absolute atomic E-state index is 0.159. The first-order valence-electron chi connectivity index (χ1n) is 8.16. The summed E-state index contributed by atoms with van der Waals surface area (Å²) in [6.45, 7) is 3.93. The van der Waals surface area contributed by atoms with Crippen LogP contribution in [-0.2, 0) is 0 Å². The molecule has 1 aromatic carbocycles. The summed E-state index contributed by atoms with van der Waals surface area (Å²) in [7, 11) is 0. The van der Waals surface area contributed by atoms with Crippen LogP contribution in [0.5, 0.6) is 0 Å². The standard InChI is InChI=1S/C19H21FN2/c1-11-9-15(7-8-16(11)20)22-17-10-21-12(2)18-13-3-5-14(6-4-13)19(17)18/h7-10,13-14,22H,3-6H2,1-2H3. The topological polar surface area (TPSA) is 24.9 Å². The van der Waals surface area contributed by atoms with E-state index in [9.17, 15) is 4.39 Å². The monoisotopic (exact) mass is 296 g/mol. The van der Waals surface area contributed by atoms with Gasteiger partial charge in [0.25, 0.3) is 0 Å². The average molecular weight is 296 g/mol. The molecule has 22 heavy (non-hydrogen) atoms. The van der Waals surface area contributed by atoms with Crippen LogP contribution in [0.2, 0.25) is 0 Å². The number of benzene rings is 1. The highest BCUT2D eigenvalue weighted by atomic mass is 19.1. The fraction of sp³-hybridized carbons (Fsp3) is 0.421. The molecule has 1 saturated carbocycles.